The van der Waals surface area contributed by atoms with Crippen LogP contribution in [0.15, 0.2) is 82.5 Å². The second kappa shape index (κ2) is 6.10. The van der Waals surface area contributed by atoms with E-state index in [2.05, 4.69) is 50.5 Å². The molecule has 4 aromatic carbocycles. The van der Waals surface area contributed by atoms with Crippen molar-refractivity contribution in [2.45, 2.75) is 0 Å². The first kappa shape index (κ1) is 18.4. The molecule has 0 bridgehead atoms. The minimum absolute atomic E-state index is 0.954. The molecule has 6 aromatic heterocycles. The van der Waals surface area contributed by atoms with Crippen molar-refractivity contribution in [2.24, 2.45) is 0 Å². The smallest absolute Gasteiger partial charge is 0.143 e. The zero-order chi connectivity index (χ0) is 23.1. The quantitative estimate of drug-likeness (QED) is 0.188. The molecular formula is C30H12O3S3. The Balaban J connectivity index is 1.78. The van der Waals surface area contributed by atoms with Crippen LogP contribution in [0.25, 0.3) is 97.5 Å². The maximum atomic E-state index is 6.13. The molecule has 6 heterocycles. The Morgan fingerprint density at radius 1 is 0.333 bits per heavy atom. The molecule has 0 unspecified atom stereocenters. The van der Waals surface area contributed by atoms with E-state index in [4.69, 9.17) is 13.3 Å². The first-order valence-corrected chi connectivity index (χ1v) is 14.4. The van der Waals surface area contributed by atoms with Crippen molar-refractivity contribution in [3.63, 3.8) is 0 Å². The molecule has 168 valence electrons. The van der Waals surface area contributed by atoms with Gasteiger partial charge in [0.2, 0.25) is 0 Å². The van der Waals surface area contributed by atoms with Crippen LogP contribution in [0.2, 0.25) is 0 Å². The topological polar surface area (TPSA) is 39.4 Å². The molecule has 0 N–H and O–H groups in total. The molecular weight excluding hydrogens is 505 g/mol. The van der Waals surface area contributed by atoms with Crippen LogP contribution in [-0.4, -0.2) is 0 Å². The summed E-state index contributed by atoms with van der Waals surface area (Å²) in [7, 11) is 0. The number of thiophene rings is 3. The van der Waals surface area contributed by atoms with E-state index in [-0.39, 0.29) is 0 Å². The summed E-state index contributed by atoms with van der Waals surface area (Å²) >= 11 is 5.18. The number of fused-ring (bicyclic) bond motifs is 21. The van der Waals surface area contributed by atoms with Crippen molar-refractivity contribution in [1.29, 1.82) is 0 Å². The molecule has 0 aliphatic rings. The third-order valence-corrected chi connectivity index (χ3v) is 10.1. The zero-order valence-corrected chi connectivity index (χ0v) is 20.8. The van der Waals surface area contributed by atoms with Gasteiger partial charge in [0.1, 0.15) is 16.7 Å². The second-order valence-corrected chi connectivity index (χ2v) is 11.6. The summed E-state index contributed by atoms with van der Waals surface area (Å²) < 4.78 is 18.4. The zero-order valence-electron chi connectivity index (χ0n) is 18.4. The van der Waals surface area contributed by atoms with Crippen molar-refractivity contribution >= 4 is 132 Å². The van der Waals surface area contributed by atoms with Gasteiger partial charge in [-0.2, -0.15) is 34.0 Å². The van der Waals surface area contributed by atoms with Gasteiger partial charge in [0.15, 0.2) is 0 Å². The van der Waals surface area contributed by atoms with Gasteiger partial charge < -0.3 is 13.3 Å². The average molecular weight is 517 g/mol. The normalized spacial score (nSPS) is 13.0. The van der Waals surface area contributed by atoms with E-state index in [0.717, 1.165) is 32.9 Å². The Labute approximate surface area is 213 Å². The van der Waals surface area contributed by atoms with Crippen molar-refractivity contribution in [3.8, 4) is 0 Å². The van der Waals surface area contributed by atoms with Gasteiger partial charge in [-0.3, -0.25) is 0 Å². The molecule has 0 fully saturated rings. The van der Waals surface area contributed by atoms with Gasteiger partial charge in [-0.05, 0) is 34.3 Å². The van der Waals surface area contributed by atoms with Crippen molar-refractivity contribution in [3.05, 3.63) is 69.3 Å². The van der Waals surface area contributed by atoms with E-state index in [9.17, 15) is 0 Å². The monoisotopic (exact) mass is 516 g/mol. The van der Waals surface area contributed by atoms with Gasteiger partial charge >= 0.3 is 0 Å². The highest BCUT2D eigenvalue weighted by molar-refractivity contribution is 7.10. The fourth-order valence-electron chi connectivity index (χ4n) is 6.51. The first-order chi connectivity index (χ1) is 17.9. The standard InChI is InChI=1S/C30H12O3S3/c1-4-31-28-13(1)22-25(16-7-34-10-19(16)28)23-14-2-6-33-30(14)21-12-36-9-18(21)27(23)24-15-3-5-32-29(15)20-11-35-8-17(20)26(22)24/h1-12H. The van der Waals surface area contributed by atoms with Gasteiger partial charge in [0.25, 0.3) is 0 Å². The molecule has 10 rings (SSSR count). The highest BCUT2D eigenvalue weighted by Gasteiger charge is 2.26. The lowest BCUT2D eigenvalue weighted by Gasteiger charge is -2.16. The highest BCUT2D eigenvalue weighted by Crippen LogP contribution is 2.53. The molecule has 0 saturated carbocycles. The lowest BCUT2D eigenvalue weighted by Crippen LogP contribution is -1.89. The Bertz CT molecular complexity index is 2050. The number of hydrogen-bond donors (Lipinski definition) is 0. The minimum Gasteiger partial charge on any atom is -0.464 e. The Morgan fingerprint density at radius 2 is 0.611 bits per heavy atom. The molecule has 10 aromatic rings. The minimum atomic E-state index is 0.954. The van der Waals surface area contributed by atoms with Crippen molar-refractivity contribution < 1.29 is 13.3 Å². The van der Waals surface area contributed by atoms with Crippen LogP contribution in [0.5, 0.6) is 0 Å². The molecule has 0 saturated heterocycles. The van der Waals surface area contributed by atoms with Crippen LogP contribution in [0.1, 0.15) is 0 Å². The maximum absolute atomic E-state index is 6.13. The molecule has 0 radical (unpaired) electrons. The van der Waals surface area contributed by atoms with Crippen LogP contribution >= 0.6 is 34.0 Å². The van der Waals surface area contributed by atoms with Gasteiger partial charge in [-0.15, -0.1) is 0 Å². The third-order valence-electron chi connectivity index (χ3n) is 7.83. The summed E-state index contributed by atoms with van der Waals surface area (Å²) in [5.74, 6) is 0. The van der Waals surface area contributed by atoms with Crippen LogP contribution in [-0.2, 0) is 0 Å². The van der Waals surface area contributed by atoms with Gasteiger partial charge in [0.05, 0.1) is 18.8 Å². The van der Waals surface area contributed by atoms with E-state index in [1.807, 2.05) is 18.8 Å². The largest absolute Gasteiger partial charge is 0.464 e. The number of furan rings is 3. The first-order valence-electron chi connectivity index (χ1n) is 11.6. The molecule has 0 aliphatic carbocycles. The summed E-state index contributed by atoms with van der Waals surface area (Å²) in [5.41, 5.74) is 2.86. The van der Waals surface area contributed by atoms with Crippen LogP contribution < -0.4 is 0 Å². The van der Waals surface area contributed by atoms with Crippen LogP contribution in [0, 0.1) is 0 Å². The van der Waals surface area contributed by atoms with E-state index < -0.39 is 0 Å². The summed E-state index contributed by atoms with van der Waals surface area (Å²) in [6.07, 6.45) is 5.48. The number of benzene rings is 4. The molecule has 3 nitrogen and oxygen atoms in total. The summed E-state index contributed by atoms with van der Waals surface area (Å²) in [4.78, 5) is 0. The highest BCUT2D eigenvalue weighted by atomic mass is 32.1. The van der Waals surface area contributed by atoms with Crippen LogP contribution in [0.4, 0.5) is 0 Å². The van der Waals surface area contributed by atoms with E-state index in [0.29, 0.717) is 0 Å². The lowest BCUT2D eigenvalue weighted by atomic mass is 9.85. The second-order valence-electron chi connectivity index (χ2n) is 9.34. The predicted molar refractivity (Wildman–Crippen MR) is 154 cm³/mol. The summed E-state index contributed by atoms with van der Waals surface area (Å²) in [5, 5.41) is 31.7. The van der Waals surface area contributed by atoms with Gasteiger partial charge in [0, 0.05) is 96.9 Å². The molecule has 6 heteroatoms. The predicted octanol–water partition coefficient (Wildman–Crippen LogP) is 11.0. The van der Waals surface area contributed by atoms with Gasteiger partial charge in [-0.25, -0.2) is 0 Å². The SMILES string of the molecule is c1cc2c(o1)c1cscc1c1c2c2c3cscc3c3occc3c2c2c3cscc3c3occc3c12. The van der Waals surface area contributed by atoms with E-state index >= 15 is 0 Å². The molecule has 0 aliphatic heterocycles. The summed E-state index contributed by atoms with van der Waals surface area (Å²) in [6.45, 7) is 0. The van der Waals surface area contributed by atoms with E-state index in [1.54, 1.807) is 34.0 Å². The fraction of sp³-hybridized carbons (Fsp3) is 0. The molecule has 0 atom stereocenters. The van der Waals surface area contributed by atoms with Gasteiger partial charge in [-0.1, -0.05) is 0 Å². The molecule has 36 heavy (non-hydrogen) atoms. The molecule has 0 amide bonds. The van der Waals surface area contributed by atoms with Crippen molar-refractivity contribution in [2.75, 3.05) is 0 Å². The average Bonchev–Trinajstić information content (AvgIpc) is 3.73. The molecule has 0 spiro atoms. The lowest BCUT2D eigenvalue weighted by molar-refractivity contribution is 0.619. The van der Waals surface area contributed by atoms with Crippen molar-refractivity contribution in [1.82, 2.24) is 0 Å². The van der Waals surface area contributed by atoms with E-state index in [1.165, 1.54) is 64.6 Å². The fourth-order valence-corrected chi connectivity index (χ4v) is 8.97. The van der Waals surface area contributed by atoms with Crippen LogP contribution in [0.3, 0.4) is 0 Å². The Morgan fingerprint density at radius 3 is 0.944 bits per heavy atom. The number of hydrogen-bond acceptors (Lipinski definition) is 6. The third kappa shape index (κ3) is 1.90. The Hall–Kier alpha value is -3.84. The Kier molecular flexibility index (Phi) is 3.12. The number of rotatable bonds is 0. The maximum Gasteiger partial charge on any atom is 0.143 e. The summed E-state index contributed by atoms with van der Waals surface area (Å²) in [6, 6.07) is 6.40.